The Hall–Kier alpha value is -1.46. The summed E-state index contributed by atoms with van der Waals surface area (Å²) in [4.78, 5) is 10.6. The van der Waals surface area contributed by atoms with Gasteiger partial charge in [-0.05, 0) is 31.5 Å². The molecule has 100 valence electrons. The van der Waals surface area contributed by atoms with Crippen molar-refractivity contribution in [3.05, 3.63) is 35.1 Å². The number of hydrogen-bond donors (Lipinski definition) is 2. The third-order valence-electron chi connectivity index (χ3n) is 2.32. The van der Waals surface area contributed by atoms with Gasteiger partial charge in [0.25, 0.3) is 0 Å². The molecule has 0 saturated heterocycles. The van der Waals surface area contributed by atoms with E-state index >= 15 is 0 Å². The van der Waals surface area contributed by atoms with Crippen LogP contribution in [0.15, 0.2) is 18.2 Å². The molecule has 0 aliphatic carbocycles. The Balaban J connectivity index is 2.39. The molecule has 18 heavy (non-hydrogen) atoms. The van der Waals surface area contributed by atoms with E-state index in [9.17, 15) is 9.18 Å². The number of carboxylic acid groups (broad SMARTS) is 1. The smallest absolute Gasteiger partial charge is 0.338 e. The maximum absolute atomic E-state index is 13.3. The minimum absolute atomic E-state index is 0.194. The second-order valence-electron chi connectivity index (χ2n) is 4.22. The molecule has 0 amide bonds. The summed E-state index contributed by atoms with van der Waals surface area (Å²) >= 11 is 0. The number of ether oxygens (including phenoxy) is 1. The minimum Gasteiger partial charge on any atom is -0.478 e. The van der Waals surface area contributed by atoms with E-state index in [0.29, 0.717) is 25.3 Å². The fourth-order valence-corrected chi connectivity index (χ4v) is 1.44. The molecule has 5 heteroatoms. The standard InChI is InChI=1S/C13H18FNO3/c1-9(2)18-6-5-15-8-10-3-4-11(13(16)17)12(14)7-10/h3-4,7,9,15H,5-6,8H2,1-2H3,(H,16,17). The molecule has 0 aliphatic heterocycles. The van der Waals surface area contributed by atoms with Gasteiger partial charge in [0.2, 0.25) is 0 Å². The second kappa shape index (κ2) is 7.08. The summed E-state index contributed by atoms with van der Waals surface area (Å²) < 4.78 is 18.7. The van der Waals surface area contributed by atoms with Gasteiger partial charge in [-0.1, -0.05) is 6.07 Å². The van der Waals surface area contributed by atoms with Gasteiger partial charge in [0.15, 0.2) is 0 Å². The molecule has 0 aromatic heterocycles. The van der Waals surface area contributed by atoms with Gasteiger partial charge < -0.3 is 15.2 Å². The number of benzene rings is 1. The highest BCUT2D eigenvalue weighted by atomic mass is 19.1. The fourth-order valence-electron chi connectivity index (χ4n) is 1.44. The average molecular weight is 255 g/mol. The maximum atomic E-state index is 13.3. The van der Waals surface area contributed by atoms with E-state index in [0.717, 1.165) is 0 Å². The third kappa shape index (κ3) is 4.81. The van der Waals surface area contributed by atoms with Gasteiger partial charge in [0, 0.05) is 13.1 Å². The van der Waals surface area contributed by atoms with Crippen LogP contribution in [0.1, 0.15) is 29.8 Å². The van der Waals surface area contributed by atoms with E-state index in [1.807, 2.05) is 13.8 Å². The Labute approximate surface area is 106 Å². The second-order valence-corrected chi connectivity index (χ2v) is 4.22. The summed E-state index contributed by atoms with van der Waals surface area (Å²) in [6.07, 6.45) is 0.194. The number of halogens is 1. The molecule has 0 radical (unpaired) electrons. The van der Waals surface area contributed by atoms with Gasteiger partial charge in [-0.2, -0.15) is 0 Å². The average Bonchev–Trinajstić information content (AvgIpc) is 2.27. The molecule has 1 aromatic carbocycles. The lowest BCUT2D eigenvalue weighted by molar-refractivity contribution is 0.0692. The molecule has 0 spiro atoms. The molecular weight excluding hydrogens is 237 g/mol. The van der Waals surface area contributed by atoms with Gasteiger partial charge in [0.05, 0.1) is 18.3 Å². The Bertz CT molecular complexity index is 407. The number of hydrogen-bond acceptors (Lipinski definition) is 3. The number of carboxylic acids is 1. The van der Waals surface area contributed by atoms with Gasteiger partial charge in [0.1, 0.15) is 5.82 Å². The van der Waals surface area contributed by atoms with Gasteiger partial charge in [-0.25, -0.2) is 9.18 Å². The predicted molar refractivity (Wildman–Crippen MR) is 66.2 cm³/mol. The Morgan fingerprint density at radius 1 is 1.50 bits per heavy atom. The highest BCUT2D eigenvalue weighted by molar-refractivity contribution is 5.87. The van der Waals surface area contributed by atoms with Crippen LogP contribution in [-0.4, -0.2) is 30.3 Å². The van der Waals surface area contributed by atoms with E-state index < -0.39 is 11.8 Å². The Morgan fingerprint density at radius 2 is 2.22 bits per heavy atom. The molecule has 0 saturated carbocycles. The first-order valence-electron chi connectivity index (χ1n) is 5.84. The van der Waals surface area contributed by atoms with Crippen LogP contribution in [0.25, 0.3) is 0 Å². The first-order valence-corrected chi connectivity index (χ1v) is 5.84. The zero-order valence-corrected chi connectivity index (χ0v) is 10.6. The zero-order valence-electron chi connectivity index (χ0n) is 10.6. The molecule has 0 fully saturated rings. The van der Waals surface area contributed by atoms with Gasteiger partial charge in [-0.3, -0.25) is 0 Å². The van der Waals surface area contributed by atoms with Crippen LogP contribution in [0.4, 0.5) is 4.39 Å². The van der Waals surface area contributed by atoms with Crippen molar-refractivity contribution >= 4 is 5.97 Å². The number of aromatic carboxylic acids is 1. The molecule has 1 rings (SSSR count). The monoisotopic (exact) mass is 255 g/mol. The van der Waals surface area contributed by atoms with Gasteiger partial charge >= 0.3 is 5.97 Å². The normalized spacial score (nSPS) is 10.9. The van der Waals surface area contributed by atoms with Crippen LogP contribution < -0.4 is 5.32 Å². The van der Waals surface area contributed by atoms with Crippen molar-refractivity contribution in [2.24, 2.45) is 0 Å². The van der Waals surface area contributed by atoms with Crippen molar-refractivity contribution in [1.82, 2.24) is 5.32 Å². The fraction of sp³-hybridized carbons (Fsp3) is 0.462. The molecule has 0 atom stereocenters. The molecule has 0 unspecified atom stereocenters. The lowest BCUT2D eigenvalue weighted by atomic mass is 10.1. The lowest BCUT2D eigenvalue weighted by Gasteiger charge is -2.09. The number of nitrogens with one attached hydrogen (secondary N) is 1. The summed E-state index contributed by atoms with van der Waals surface area (Å²) in [6.45, 7) is 5.66. The molecular formula is C13H18FNO3. The van der Waals surface area contributed by atoms with E-state index in [-0.39, 0.29) is 11.7 Å². The number of rotatable bonds is 7. The van der Waals surface area contributed by atoms with Crippen LogP contribution in [0.3, 0.4) is 0 Å². The molecule has 0 aliphatic rings. The zero-order chi connectivity index (χ0) is 13.5. The van der Waals surface area contributed by atoms with Gasteiger partial charge in [-0.15, -0.1) is 0 Å². The van der Waals surface area contributed by atoms with Crippen LogP contribution in [0, 0.1) is 5.82 Å². The van der Waals surface area contributed by atoms with Crippen LogP contribution >= 0.6 is 0 Å². The number of carbonyl (C=O) groups is 1. The quantitative estimate of drug-likeness (QED) is 0.732. The molecule has 0 heterocycles. The summed E-state index contributed by atoms with van der Waals surface area (Å²) in [5.74, 6) is -1.96. The topological polar surface area (TPSA) is 58.6 Å². The van der Waals surface area contributed by atoms with Crippen molar-refractivity contribution in [3.63, 3.8) is 0 Å². The molecule has 0 bridgehead atoms. The summed E-state index contributed by atoms with van der Waals surface area (Å²) in [5, 5.41) is 11.8. The van der Waals surface area contributed by atoms with Crippen molar-refractivity contribution in [2.45, 2.75) is 26.5 Å². The highest BCUT2D eigenvalue weighted by Gasteiger charge is 2.09. The lowest BCUT2D eigenvalue weighted by Crippen LogP contribution is -2.21. The summed E-state index contributed by atoms with van der Waals surface area (Å²) in [7, 11) is 0. The van der Waals surface area contributed by atoms with Crippen LogP contribution in [0.2, 0.25) is 0 Å². The Morgan fingerprint density at radius 3 is 2.78 bits per heavy atom. The van der Waals surface area contributed by atoms with E-state index in [1.165, 1.54) is 12.1 Å². The Kier molecular flexibility index (Phi) is 5.74. The SMILES string of the molecule is CC(C)OCCNCc1ccc(C(=O)O)c(F)c1. The highest BCUT2D eigenvalue weighted by Crippen LogP contribution is 2.10. The van der Waals surface area contributed by atoms with Crippen molar-refractivity contribution in [3.8, 4) is 0 Å². The van der Waals surface area contributed by atoms with E-state index in [1.54, 1.807) is 6.07 Å². The first kappa shape index (κ1) is 14.6. The molecule has 2 N–H and O–H groups in total. The largest absolute Gasteiger partial charge is 0.478 e. The van der Waals surface area contributed by atoms with Crippen molar-refractivity contribution in [2.75, 3.05) is 13.2 Å². The molecule has 4 nitrogen and oxygen atoms in total. The predicted octanol–water partition coefficient (Wildman–Crippen LogP) is 2.04. The molecule has 1 aromatic rings. The first-order chi connectivity index (χ1) is 8.50. The van der Waals surface area contributed by atoms with E-state index in [4.69, 9.17) is 9.84 Å². The summed E-state index contributed by atoms with van der Waals surface area (Å²) in [6, 6.07) is 4.11. The van der Waals surface area contributed by atoms with Crippen LogP contribution in [-0.2, 0) is 11.3 Å². The summed E-state index contributed by atoms with van der Waals surface area (Å²) in [5.41, 5.74) is 0.406. The van der Waals surface area contributed by atoms with E-state index in [2.05, 4.69) is 5.32 Å². The maximum Gasteiger partial charge on any atom is 0.338 e. The minimum atomic E-state index is -1.25. The third-order valence-corrected chi connectivity index (χ3v) is 2.32. The van der Waals surface area contributed by atoms with Crippen molar-refractivity contribution in [1.29, 1.82) is 0 Å². The van der Waals surface area contributed by atoms with Crippen molar-refractivity contribution < 1.29 is 19.0 Å². The van der Waals surface area contributed by atoms with Crippen LogP contribution in [0.5, 0.6) is 0 Å².